The fourth-order valence-electron chi connectivity index (χ4n) is 1.83. The molecule has 1 heterocycles. The van der Waals surface area contributed by atoms with E-state index in [1.807, 2.05) is 6.07 Å². The molecule has 0 aliphatic carbocycles. The average molecular weight is 433 g/mol. The molecule has 19 heavy (non-hydrogen) atoms. The molecular formula is C14H7F2IrN2-. The maximum atomic E-state index is 13.7. The summed E-state index contributed by atoms with van der Waals surface area (Å²) in [6, 6.07) is 12.2. The van der Waals surface area contributed by atoms with Gasteiger partial charge in [0.15, 0.2) is 0 Å². The largest absolute Gasteiger partial charge is 0.285 e. The van der Waals surface area contributed by atoms with Crippen LogP contribution in [0, 0.1) is 17.7 Å². The summed E-state index contributed by atoms with van der Waals surface area (Å²) in [5, 5.41) is 0.667. The number of benzene rings is 2. The summed E-state index contributed by atoms with van der Waals surface area (Å²) in [6.07, 6.45) is 1.33. The van der Waals surface area contributed by atoms with Crippen molar-refractivity contribution in [2.75, 3.05) is 0 Å². The Morgan fingerprint density at radius 1 is 1.00 bits per heavy atom. The molecule has 97 valence electrons. The van der Waals surface area contributed by atoms with Gasteiger partial charge in [0.1, 0.15) is 6.33 Å². The number of hydrogen-bond donors (Lipinski definition) is 0. The summed E-state index contributed by atoms with van der Waals surface area (Å²) in [4.78, 5) is 8.11. The molecule has 0 unspecified atom stereocenters. The Labute approximate surface area is 121 Å². The Balaban J connectivity index is 0.00000133. The molecule has 0 N–H and O–H groups in total. The SMILES string of the molecule is Fc1cc[c-]c(-c2ncnc3ccccc23)c1F.[Ir]. The monoisotopic (exact) mass is 434 g/mol. The zero-order valence-electron chi connectivity index (χ0n) is 9.53. The number of nitrogens with zero attached hydrogens (tertiary/aromatic N) is 2. The molecule has 0 fully saturated rings. The number of fused-ring (bicyclic) bond motifs is 1. The van der Waals surface area contributed by atoms with Crippen LogP contribution < -0.4 is 0 Å². The van der Waals surface area contributed by atoms with Crippen LogP contribution in [0.1, 0.15) is 0 Å². The first kappa shape index (κ1) is 13.7. The van der Waals surface area contributed by atoms with Gasteiger partial charge in [-0.3, -0.25) is 9.37 Å². The predicted octanol–water partition coefficient (Wildman–Crippen LogP) is 3.37. The fourth-order valence-corrected chi connectivity index (χ4v) is 1.83. The predicted molar refractivity (Wildman–Crippen MR) is 63.7 cm³/mol. The average Bonchev–Trinajstić information content (AvgIpc) is 2.41. The van der Waals surface area contributed by atoms with E-state index in [4.69, 9.17) is 0 Å². The topological polar surface area (TPSA) is 25.8 Å². The van der Waals surface area contributed by atoms with E-state index >= 15 is 0 Å². The molecule has 1 aromatic heterocycles. The van der Waals surface area contributed by atoms with Crippen molar-refractivity contribution in [1.82, 2.24) is 9.97 Å². The Hall–Kier alpha value is -1.71. The van der Waals surface area contributed by atoms with E-state index in [-0.39, 0.29) is 25.7 Å². The van der Waals surface area contributed by atoms with Crippen molar-refractivity contribution in [3.8, 4) is 11.3 Å². The van der Waals surface area contributed by atoms with Crippen LogP contribution in [-0.2, 0) is 20.1 Å². The van der Waals surface area contributed by atoms with Gasteiger partial charge in [-0.05, 0) is 11.5 Å². The molecule has 2 aromatic carbocycles. The zero-order chi connectivity index (χ0) is 12.5. The maximum absolute atomic E-state index is 13.7. The van der Waals surface area contributed by atoms with E-state index in [1.54, 1.807) is 18.2 Å². The van der Waals surface area contributed by atoms with E-state index in [1.165, 1.54) is 12.4 Å². The summed E-state index contributed by atoms with van der Waals surface area (Å²) in [6.45, 7) is 0. The molecule has 3 aromatic rings. The van der Waals surface area contributed by atoms with Crippen LogP contribution in [0.4, 0.5) is 8.78 Å². The minimum atomic E-state index is -0.943. The van der Waals surface area contributed by atoms with Gasteiger partial charge < -0.3 is 0 Å². The standard InChI is InChI=1S/C14H7F2N2.Ir/c15-11-6-3-5-10(13(11)16)14-9-4-1-2-7-12(9)17-8-18-14;/h1-4,6-8H;/q-1;. The van der Waals surface area contributed by atoms with E-state index in [0.29, 0.717) is 16.6 Å². The van der Waals surface area contributed by atoms with Gasteiger partial charge in [-0.1, -0.05) is 23.8 Å². The number of rotatable bonds is 1. The van der Waals surface area contributed by atoms with Crippen LogP contribution >= 0.6 is 0 Å². The van der Waals surface area contributed by atoms with Gasteiger partial charge in [-0.25, -0.2) is 9.37 Å². The zero-order valence-corrected chi connectivity index (χ0v) is 11.9. The van der Waals surface area contributed by atoms with Crippen molar-refractivity contribution in [1.29, 1.82) is 0 Å². The van der Waals surface area contributed by atoms with Crippen LogP contribution in [0.2, 0.25) is 0 Å². The van der Waals surface area contributed by atoms with E-state index in [0.717, 1.165) is 6.07 Å². The van der Waals surface area contributed by atoms with Gasteiger partial charge in [-0.2, -0.15) is 0 Å². The number of hydrogen-bond acceptors (Lipinski definition) is 2. The summed E-state index contributed by atoms with van der Waals surface area (Å²) in [7, 11) is 0. The minimum Gasteiger partial charge on any atom is -0.285 e. The molecule has 0 atom stereocenters. The van der Waals surface area contributed by atoms with Gasteiger partial charge >= 0.3 is 0 Å². The molecule has 0 aliphatic heterocycles. The Kier molecular flexibility index (Phi) is 3.98. The van der Waals surface area contributed by atoms with E-state index in [9.17, 15) is 8.78 Å². The first-order chi connectivity index (χ1) is 8.77. The van der Waals surface area contributed by atoms with Gasteiger partial charge in [-0.15, -0.1) is 18.2 Å². The van der Waals surface area contributed by atoms with Crippen molar-refractivity contribution in [3.05, 3.63) is 60.4 Å². The number of halogens is 2. The normalized spacial score (nSPS) is 10.2. The smallest absolute Gasteiger partial charge is 0.106 e. The summed E-state index contributed by atoms with van der Waals surface area (Å²) in [5.41, 5.74) is 1.05. The molecule has 0 bridgehead atoms. The molecule has 0 spiro atoms. The van der Waals surface area contributed by atoms with Crippen LogP contribution in [0.3, 0.4) is 0 Å². The van der Waals surface area contributed by atoms with Crippen molar-refractivity contribution >= 4 is 10.9 Å². The summed E-state index contributed by atoms with van der Waals surface area (Å²) in [5.74, 6) is -1.85. The van der Waals surface area contributed by atoms with Crippen LogP contribution in [0.15, 0.2) is 42.7 Å². The third-order valence-electron chi connectivity index (χ3n) is 2.67. The minimum absolute atomic E-state index is 0. The molecule has 0 saturated heterocycles. The van der Waals surface area contributed by atoms with Gasteiger partial charge in [0.05, 0.1) is 17.2 Å². The Morgan fingerprint density at radius 2 is 1.79 bits per heavy atom. The summed E-state index contributed by atoms with van der Waals surface area (Å²) >= 11 is 0. The van der Waals surface area contributed by atoms with Crippen molar-refractivity contribution in [2.45, 2.75) is 0 Å². The Bertz CT molecular complexity index is 726. The maximum Gasteiger partial charge on any atom is 0.106 e. The van der Waals surface area contributed by atoms with E-state index in [2.05, 4.69) is 16.0 Å². The second-order valence-electron chi connectivity index (χ2n) is 3.75. The van der Waals surface area contributed by atoms with Gasteiger partial charge in [0.2, 0.25) is 0 Å². The van der Waals surface area contributed by atoms with Crippen LogP contribution in [0.5, 0.6) is 0 Å². The molecule has 2 nitrogen and oxygen atoms in total. The molecule has 0 amide bonds. The third kappa shape index (κ3) is 2.39. The molecule has 0 saturated carbocycles. The second kappa shape index (κ2) is 5.51. The van der Waals surface area contributed by atoms with Crippen LogP contribution in [0.25, 0.3) is 22.2 Å². The fraction of sp³-hybridized carbons (Fsp3) is 0. The first-order valence-electron chi connectivity index (χ1n) is 5.33. The van der Waals surface area contributed by atoms with Crippen molar-refractivity contribution in [2.24, 2.45) is 0 Å². The molecule has 1 radical (unpaired) electrons. The summed E-state index contributed by atoms with van der Waals surface area (Å²) < 4.78 is 27.0. The second-order valence-corrected chi connectivity index (χ2v) is 3.75. The van der Waals surface area contributed by atoms with Crippen molar-refractivity contribution in [3.63, 3.8) is 0 Å². The molecule has 5 heteroatoms. The van der Waals surface area contributed by atoms with Gasteiger partial charge in [0, 0.05) is 25.8 Å². The van der Waals surface area contributed by atoms with E-state index < -0.39 is 11.6 Å². The first-order valence-corrected chi connectivity index (χ1v) is 5.33. The Morgan fingerprint density at radius 3 is 2.63 bits per heavy atom. The molecule has 3 rings (SSSR count). The van der Waals surface area contributed by atoms with Crippen molar-refractivity contribution < 1.29 is 28.9 Å². The van der Waals surface area contributed by atoms with Crippen LogP contribution in [-0.4, -0.2) is 9.97 Å². The quantitative estimate of drug-likeness (QED) is 0.550. The number of para-hydroxylation sites is 1. The molecular weight excluding hydrogens is 426 g/mol. The third-order valence-corrected chi connectivity index (χ3v) is 2.67. The number of aromatic nitrogens is 2. The van der Waals surface area contributed by atoms with Gasteiger partial charge in [0.25, 0.3) is 0 Å². The molecule has 0 aliphatic rings.